The van der Waals surface area contributed by atoms with Crippen LogP contribution in [0.15, 0.2) is 5.38 Å². The van der Waals surface area contributed by atoms with Crippen LogP contribution < -0.4 is 5.32 Å². The molecule has 0 aliphatic heterocycles. The molecule has 112 valence electrons. The van der Waals surface area contributed by atoms with Crippen molar-refractivity contribution >= 4 is 23.3 Å². The summed E-state index contributed by atoms with van der Waals surface area (Å²) in [4.78, 5) is 28.9. The van der Waals surface area contributed by atoms with Crippen LogP contribution in [0.25, 0.3) is 0 Å². The highest BCUT2D eigenvalue weighted by Crippen LogP contribution is 2.14. The smallest absolute Gasteiger partial charge is 0.329 e. The first-order valence-electron chi connectivity index (χ1n) is 6.49. The summed E-state index contributed by atoms with van der Waals surface area (Å²) in [7, 11) is 0. The fraction of sp³-hybridized carbons (Fsp3) is 0.615. The van der Waals surface area contributed by atoms with Gasteiger partial charge in [0.15, 0.2) is 0 Å². The van der Waals surface area contributed by atoms with Crippen molar-refractivity contribution in [3.05, 3.63) is 16.1 Å². The quantitative estimate of drug-likeness (QED) is 0.840. The second-order valence-corrected chi connectivity index (χ2v) is 5.92. The second-order valence-electron chi connectivity index (χ2n) is 4.97. The summed E-state index contributed by atoms with van der Waals surface area (Å²) >= 11 is 1.56. The molecular weight excluding hydrogens is 278 g/mol. The number of hydrogen-bond acceptors (Lipinski definition) is 4. The Kier molecular flexibility index (Phi) is 5.50. The van der Waals surface area contributed by atoms with Crippen molar-refractivity contribution in [2.24, 2.45) is 0 Å². The summed E-state index contributed by atoms with van der Waals surface area (Å²) < 4.78 is 0. The molecule has 0 fully saturated rings. The van der Waals surface area contributed by atoms with E-state index in [1.807, 2.05) is 12.3 Å². The summed E-state index contributed by atoms with van der Waals surface area (Å²) in [5.74, 6) is -1.02. The van der Waals surface area contributed by atoms with Gasteiger partial charge in [-0.2, -0.15) is 0 Å². The molecule has 1 rings (SSSR count). The molecule has 1 aromatic heterocycles. The molecular formula is C13H21N3O3S. The molecule has 0 saturated heterocycles. The third-order valence-electron chi connectivity index (χ3n) is 3.04. The minimum absolute atomic E-state index is 0.335. The highest BCUT2D eigenvalue weighted by Gasteiger charge is 2.36. The lowest BCUT2D eigenvalue weighted by Gasteiger charge is -2.34. The highest BCUT2D eigenvalue weighted by atomic mass is 32.1. The lowest BCUT2D eigenvalue weighted by atomic mass is 10.0. The molecule has 0 aliphatic rings. The van der Waals surface area contributed by atoms with E-state index in [4.69, 9.17) is 5.11 Å². The number of amides is 2. The zero-order valence-corrected chi connectivity index (χ0v) is 13.1. The maximum Gasteiger partial charge on any atom is 0.329 e. The molecule has 0 bridgehead atoms. The van der Waals surface area contributed by atoms with Crippen molar-refractivity contribution in [1.82, 2.24) is 15.2 Å². The van der Waals surface area contributed by atoms with E-state index in [-0.39, 0.29) is 6.03 Å². The number of carbonyl (C=O) groups excluding carboxylic acids is 1. The second kappa shape index (κ2) is 6.69. The number of carboxylic acid groups (broad SMARTS) is 1. The largest absolute Gasteiger partial charge is 0.480 e. The number of nitrogens with one attached hydrogen (secondary N) is 1. The van der Waals surface area contributed by atoms with E-state index in [0.717, 1.165) is 10.7 Å². The Morgan fingerprint density at radius 2 is 2.15 bits per heavy atom. The van der Waals surface area contributed by atoms with E-state index in [0.29, 0.717) is 19.5 Å². The molecule has 0 atom stereocenters. The first-order valence-corrected chi connectivity index (χ1v) is 7.36. The van der Waals surface area contributed by atoms with Gasteiger partial charge in [0, 0.05) is 30.6 Å². The van der Waals surface area contributed by atoms with Gasteiger partial charge in [-0.15, -0.1) is 11.3 Å². The summed E-state index contributed by atoms with van der Waals surface area (Å²) in [6.45, 7) is 7.49. The summed E-state index contributed by atoms with van der Waals surface area (Å²) in [5, 5.41) is 14.8. The molecule has 0 unspecified atom stereocenters. The van der Waals surface area contributed by atoms with Crippen molar-refractivity contribution in [3.63, 3.8) is 0 Å². The Balaban J connectivity index is 2.54. The first kappa shape index (κ1) is 16.4. The van der Waals surface area contributed by atoms with Gasteiger partial charge < -0.3 is 15.3 Å². The minimum Gasteiger partial charge on any atom is -0.480 e. The number of hydrogen-bond donors (Lipinski definition) is 2. The zero-order chi connectivity index (χ0) is 15.3. The van der Waals surface area contributed by atoms with Crippen LogP contribution in [0.3, 0.4) is 0 Å². The maximum absolute atomic E-state index is 12.1. The van der Waals surface area contributed by atoms with Gasteiger partial charge in [0.2, 0.25) is 0 Å². The fourth-order valence-corrected chi connectivity index (χ4v) is 2.57. The Hall–Kier alpha value is -1.63. The molecule has 20 heavy (non-hydrogen) atoms. The normalized spacial score (nSPS) is 11.2. The number of thiazole rings is 1. The van der Waals surface area contributed by atoms with E-state index in [1.54, 1.807) is 18.3 Å². The molecule has 1 aromatic rings. The number of carboxylic acids is 1. The Morgan fingerprint density at radius 3 is 2.60 bits per heavy atom. The van der Waals surface area contributed by atoms with Crippen LogP contribution in [-0.2, 0) is 11.2 Å². The van der Waals surface area contributed by atoms with Crippen LogP contribution in [0.2, 0.25) is 0 Å². The van der Waals surface area contributed by atoms with Crippen LogP contribution >= 0.6 is 11.3 Å². The van der Waals surface area contributed by atoms with Crippen LogP contribution in [0.1, 0.15) is 31.5 Å². The molecule has 0 saturated carbocycles. The van der Waals surface area contributed by atoms with Crippen LogP contribution in [0, 0.1) is 6.92 Å². The third-order valence-corrected chi connectivity index (χ3v) is 4.07. The number of urea groups is 1. The molecule has 6 nitrogen and oxygen atoms in total. The van der Waals surface area contributed by atoms with Gasteiger partial charge >= 0.3 is 12.0 Å². The van der Waals surface area contributed by atoms with Crippen molar-refractivity contribution in [2.75, 3.05) is 13.1 Å². The van der Waals surface area contributed by atoms with Crippen molar-refractivity contribution in [2.45, 2.75) is 39.7 Å². The standard InChI is InChI=1S/C13H21N3O3S/c1-5-16(13(3,4)11(17)18)12(19)14-7-6-10-15-9(2)8-20-10/h8H,5-7H2,1-4H3,(H,14,19)(H,17,18). The molecule has 7 heteroatoms. The van der Waals surface area contributed by atoms with E-state index in [1.165, 1.54) is 18.7 Å². The van der Waals surface area contributed by atoms with E-state index in [2.05, 4.69) is 10.3 Å². The number of aryl methyl sites for hydroxylation is 1. The topological polar surface area (TPSA) is 82.5 Å². The van der Waals surface area contributed by atoms with Gasteiger partial charge in [0.25, 0.3) is 0 Å². The molecule has 1 heterocycles. The maximum atomic E-state index is 12.1. The van der Waals surface area contributed by atoms with Gasteiger partial charge in [0.05, 0.1) is 5.01 Å². The number of nitrogens with zero attached hydrogens (tertiary/aromatic N) is 2. The third kappa shape index (κ3) is 3.93. The summed E-state index contributed by atoms with van der Waals surface area (Å²) in [6, 6.07) is -0.367. The molecule has 0 aliphatic carbocycles. The van der Waals surface area contributed by atoms with Crippen LogP contribution in [-0.4, -0.2) is 45.6 Å². The number of likely N-dealkylation sites (N-methyl/N-ethyl adjacent to an activating group) is 1. The Morgan fingerprint density at radius 1 is 1.50 bits per heavy atom. The lowest BCUT2D eigenvalue weighted by Crippen LogP contribution is -2.56. The van der Waals surface area contributed by atoms with Gasteiger partial charge in [0.1, 0.15) is 5.54 Å². The van der Waals surface area contributed by atoms with Crippen molar-refractivity contribution in [3.8, 4) is 0 Å². The molecule has 0 spiro atoms. The molecule has 0 aromatic carbocycles. The van der Waals surface area contributed by atoms with Gasteiger partial charge in [-0.1, -0.05) is 0 Å². The number of carbonyl (C=O) groups is 2. The first-order chi connectivity index (χ1) is 9.28. The average molecular weight is 299 g/mol. The lowest BCUT2D eigenvalue weighted by molar-refractivity contribution is -0.147. The fourth-order valence-electron chi connectivity index (χ4n) is 1.80. The predicted octanol–water partition coefficient (Wildman–Crippen LogP) is 1.89. The van der Waals surface area contributed by atoms with Crippen LogP contribution in [0.5, 0.6) is 0 Å². The SMILES string of the molecule is CCN(C(=O)NCCc1nc(C)cs1)C(C)(C)C(=O)O. The summed E-state index contributed by atoms with van der Waals surface area (Å²) in [6.07, 6.45) is 0.648. The number of rotatable bonds is 6. The van der Waals surface area contributed by atoms with E-state index in [9.17, 15) is 9.59 Å². The summed E-state index contributed by atoms with van der Waals surface area (Å²) in [5.41, 5.74) is -0.255. The molecule has 2 N–H and O–H groups in total. The van der Waals surface area contributed by atoms with E-state index < -0.39 is 11.5 Å². The van der Waals surface area contributed by atoms with Crippen molar-refractivity contribution in [1.29, 1.82) is 0 Å². The average Bonchev–Trinajstić information content (AvgIpc) is 2.75. The zero-order valence-electron chi connectivity index (χ0n) is 12.3. The Bertz CT molecular complexity index is 485. The van der Waals surface area contributed by atoms with Gasteiger partial charge in [-0.25, -0.2) is 14.6 Å². The highest BCUT2D eigenvalue weighted by molar-refractivity contribution is 7.09. The van der Waals surface area contributed by atoms with E-state index >= 15 is 0 Å². The molecule has 0 radical (unpaired) electrons. The monoisotopic (exact) mass is 299 g/mol. The van der Waals surface area contributed by atoms with Gasteiger partial charge in [-0.05, 0) is 27.7 Å². The van der Waals surface area contributed by atoms with Crippen LogP contribution in [0.4, 0.5) is 4.79 Å². The van der Waals surface area contributed by atoms with Crippen molar-refractivity contribution < 1.29 is 14.7 Å². The number of aliphatic carboxylic acids is 1. The number of aromatic nitrogens is 1. The Labute approximate surface area is 122 Å². The predicted molar refractivity (Wildman–Crippen MR) is 78.0 cm³/mol. The molecule has 2 amide bonds. The minimum atomic E-state index is -1.23. The van der Waals surface area contributed by atoms with Gasteiger partial charge in [-0.3, -0.25) is 0 Å².